The molecule has 0 aromatic heterocycles. The smallest absolute Gasteiger partial charge is 0.0306 e. The van der Waals surface area contributed by atoms with Gasteiger partial charge in [-0.05, 0) is 59.2 Å². The molecule has 0 amide bonds. The number of nitrogens with zero attached hydrogens (tertiary/aromatic N) is 1. The number of nitrogens with one attached hydrogen (secondary N) is 1. The Morgan fingerprint density at radius 3 is 2.24 bits per heavy atom. The number of hydrogen-bond acceptors (Lipinski definition) is 2. The van der Waals surface area contributed by atoms with Crippen LogP contribution < -0.4 is 5.32 Å². The summed E-state index contributed by atoms with van der Waals surface area (Å²) in [5, 5.41) is 3.60. The second-order valence-corrected chi connectivity index (χ2v) is 6.58. The van der Waals surface area contributed by atoms with E-state index in [-0.39, 0.29) is 0 Å². The maximum Gasteiger partial charge on any atom is 0.0306 e. The van der Waals surface area contributed by atoms with Gasteiger partial charge in [-0.1, -0.05) is 25.7 Å². The highest BCUT2D eigenvalue weighted by Gasteiger charge is 2.37. The molecule has 2 fully saturated rings. The van der Waals surface area contributed by atoms with E-state index in [1.54, 1.807) is 0 Å². The minimum Gasteiger partial charge on any atom is -0.315 e. The number of likely N-dealkylation sites (tertiary alicyclic amines) is 1. The first-order valence-electron chi connectivity index (χ1n) is 7.57. The molecule has 0 bridgehead atoms. The standard InChI is InChI=1S/C15H30N2/c1-15(2,17-10-6-7-11-17)14(16-3)12-13-8-4-5-9-13/h13-14,16H,4-12H2,1-3H3. The summed E-state index contributed by atoms with van der Waals surface area (Å²) in [5.41, 5.74) is 0.327. The molecular weight excluding hydrogens is 208 g/mol. The van der Waals surface area contributed by atoms with Crippen molar-refractivity contribution < 1.29 is 0 Å². The van der Waals surface area contributed by atoms with Gasteiger partial charge in [-0.15, -0.1) is 0 Å². The number of hydrogen-bond donors (Lipinski definition) is 1. The zero-order valence-corrected chi connectivity index (χ0v) is 12.0. The van der Waals surface area contributed by atoms with Crippen molar-refractivity contribution in [3.05, 3.63) is 0 Å². The quantitative estimate of drug-likeness (QED) is 0.792. The van der Waals surface area contributed by atoms with Crippen LogP contribution in [0.25, 0.3) is 0 Å². The summed E-state index contributed by atoms with van der Waals surface area (Å²) < 4.78 is 0. The summed E-state index contributed by atoms with van der Waals surface area (Å²) in [5.74, 6) is 0.981. The van der Waals surface area contributed by atoms with Crippen LogP contribution in [0, 0.1) is 5.92 Å². The Labute approximate surface area is 107 Å². The minimum absolute atomic E-state index is 0.327. The molecular formula is C15H30N2. The monoisotopic (exact) mass is 238 g/mol. The third-order valence-corrected chi connectivity index (χ3v) is 5.17. The van der Waals surface area contributed by atoms with E-state index in [0.29, 0.717) is 11.6 Å². The van der Waals surface area contributed by atoms with Crippen molar-refractivity contribution in [1.82, 2.24) is 10.2 Å². The molecule has 0 aromatic rings. The Morgan fingerprint density at radius 1 is 1.12 bits per heavy atom. The minimum atomic E-state index is 0.327. The van der Waals surface area contributed by atoms with Gasteiger partial charge in [0.1, 0.15) is 0 Å². The van der Waals surface area contributed by atoms with Crippen LogP contribution in [0.5, 0.6) is 0 Å². The van der Waals surface area contributed by atoms with Crippen molar-refractivity contribution in [2.24, 2.45) is 5.92 Å². The second kappa shape index (κ2) is 5.71. The number of likely N-dealkylation sites (N-methyl/N-ethyl adjacent to an activating group) is 1. The number of rotatable bonds is 5. The SMILES string of the molecule is CNC(CC1CCCC1)C(C)(C)N1CCCC1. The largest absolute Gasteiger partial charge is 0.315 e. The van der Waals surface area contributed by atoms with Gasteiger partial charge in [-0.25, -0.2) is 0 Å². The molecule has 17 heavy (non-hydrogen) atoms. The molecule has 1 N–H and O–H groups in total. The first-order valence-corrected chi connectivity index (χ1v) is 7.57. The fourth-order valence-corrected chi connectivity index (χ4v) is 3.85. The molecule has 2 aliphatic rings. The Hall–Kier alpha value is -0.0800. The Bertz CT molecular complexity index is 225. The van der Waals surface area contributed by atoms with Crippen LogP contribution in [0.3, 0.4) is 0 Å². The Balaban J connectivity index is 1.94. The van der Waals surface area contributed by atoms with Crippen LogP contribution in [0.2, 0.25) is 0 Å². The average Bonchev–Trinajstić information content (AvgIpc) is 2.98. The van der Waals surface area contributed by atoms with Gasteiger partial charge in [0.25, 0.3) is 0 Å². The molecule has 1 saturated heterocycles. The van der Waals surface area contributed by atoms with Crippen LogP contribution in [0.4, 0.5) is 0 Å². The highest BCUT2D eigenvalue weighted by molar-refractivity contribution is 4.96. The predicted octanol–water partition coefficient (Wildman–Crippen LogP) is 3.03. The van der Waals surface area contributed by atoms with Gasteiger partial charge in [-0.3, -0.25) is 4.90 Å². The first-order chi connectivity index (χ1) is 8.14. The van der Waals surface area contributed by atoms with Crippen LogP contribution in [0.15, 0.2) is 0 Å². The Morgan fingerprint density at radius 2 is 1.71 bits per heavy atom. The molecule has 100 valence electrons. The lowest BCUT2D eigenvalue weighted by Crippen LogP contribution is -2.56. The summed E-state index contributed by atoms with van der Waals surface area (Å²) >= 11 is 0. The van der Waals surface area contributed by atoms with E-state index in [1.807, 2.05) is 0 Å². The lowest BCUT2D eigenvalue weighted by molar-refractivity contribution is 0.0977. The second-order valence-electron chi connectivity index (χ2n) is 6.58. The van der Waals surface area contributed by atoms with E-state index in [1.165, 1.54) is 58.0 Å². The van der Waals surface area contributed by atoms with Gasteiger partial charge in [0.2, 0.25) is 0 Å². The van der Waals surface area contributed by atoms with Crippen molar-refractivity contribution >= 4 is 0 Å². The predicted molar refractivity (Wildman–Crippen MR) is 74.3 cm³/mol. The molecule has 1 unspecified atom stereocenters. The molecule has 1 heterocycles. The average molecular weight is 238 g/mol. The molecule has 1 aliphatic heterocycles. The van der Waals surface area contributed by atoms with Gasteiger partial charge in [0.15, 0.2) is 0 Å². The zero-order valence-electron chi connectivity index (χ0n) is 12.0. The topological polar surface area (TPSA) is 15.3 Å². The molecule has 1 aliphatic carbocycles. The summed E-state index contributed by atoms with van der Waals surface area (Å²) in [6.07, 6.45) is 10.0. The highest BCUT2D eigenvalue weighted by atomic mass is 15.2. The van der Waals surface area contributed by atoms with Gasteiger partial charge >= 0.3 is 0 Å². The molecule has 0 aromatic carbocycles. The molecule has 1 atom stereocenters. The van der Waals surface area contributed by atoms with Gasteiger partial charge in [0, 0.05) is 11.6 Å². The Kier molecular flexibility index (Phi) is 4.48. The van der Waals surface area contributed by atoms with Crippen molar-refractivity contribution in [1.29, 1.82) is 0 Å². The lowest BCUT2D eigenvalue weighted by Gasteiger charge is -2.43. The first kappa shape index (κ1) is 13.4. The van der Waals surface area contributed by atoms with Crippen LogP contribution >= 0.6 is 0 Å². The molecule has 0 radical (unpaired) electrons. The summed E-state index contributed by atoms with van der Waals surface area (Å²) in [6.45, 7) is 7.48. The zero-order chi connectivity index (χ0) is 12.3. The van der Waals surface area contributed by atoms with Crippen LogP contribution in [0.1, 0.15) is 58.8 Å². The lowest BCUT2D eigenvalue weighted by atomic mass is 9.85. The van der Waals surface area contributed by atoms with Crippen molar-refractivity contribution in [3.8, 4) is 0 Å². The normalized spacial score (nSPS) is 25.6. The van der Waals surface area contributed by atoms with Gasteiger partial charge in [0.05, 0.1) is 0 Å². The van der Waals surface area contributed by atoms with Crippen molar-refractivity contribution in [2.45, 2.75) is 70.4 Å². The van der Waals surface area contributed by atoms with Crippen molar-refractivity contribution in [2.75, 3.05) is 20.1 Å². The van der Waals surface area contributed by atoms with E-state index >= 15 is 0 Å². The molecule has 1 saturated carbocycles. The molecule has 2 nitrogen and oxygen atoms in total. The summed E-state index contributed by atoms with van der Waals surface area (Å²) in [4.78, 5) is 2.70. The van der Waals surface area contributed by atoms with Crippen LogP contribution in [-0.2, 0) is 0 Å². The van der Waals surface area contributed by atoms with E-state index < -0.39 is 0 Å². The van der Waals surface area contributed by atoms with E-state index in [0.717, 1.165) is 5.92 Å². The fourth-order valence-electron chi connectivity index (χ4n) is 3.85. The van der Waals surface area contributed by atoms with Gasteiger partial charge in [-0.2, -0.15) is 0 Å². The molecule has 2 rings (SSSR count). The van der Waals surface area contributed by atoms with E-state index in [2.05, 4.69) is 31.1 Å². The van der Waals surface area contributed by atoms with Gasteiger partial charge < -0.3 is 5.32 Å². The summed E-state index contributed by atoms with van der Waals surface area (Å²) in [7, 11) is 2.15. The third-order valence-electron chi connectivity index (χ3n) is 5.17. The third kappa shape index (κ3) is 3.03. The molecule has 0 spiro atoms. The summed E-state index contributed by atoms with van der Waals surface area (Å²) in [6, 6.07) is 0.656. The molecule has 2 heteroatoms. The van der Waals surface area contributed by atoms with E-state index in [4.69, 9.17) is 0 Å². The van der Waals surface area contributed by atoms with Crippen molar-refractivity contribution in [3.63, 3.8) is 0 Å². The maximum atomic E-state index is 3.60. The van der Waals surface area contributed by atoms with Crippen LogP contribution in [-0.4, -0.2) is 36.6 Å². The fraction of sp³-hybridized carbons (Fsp3) is 1.00. The highest BCUT2D eigenvalue weighted by Crippen LogP contribution is 2.33. The maximum absolute atomic E-state index is 3.60. The van der Waals surface area contributed by atoms with E-state index in [9.17, 15) is 0 Å².